The van der Waals surface area contributed by atoms with Gasteiger partial charge in [-0.1, -0.05) is 66.6 Å². The fraction of sp³-hybridized carbons (Fsp3) is 0.316. The molecule has 2 aromatic rings. The first-order valence-electron chi connectivity index (χ1n) is 7.90. The van der Waals surface area contributed by atoms with E-state index >= 15 is 0 Å². The van der Waals surface area contributed by atoms with E-state index < -0.39 is 11.5 Å². The normalized spacial score (nSPS) is 17.1. The van der Waals surface area contributed by atoms with Crippen LogP contribution in [0.25, 0.3) is 0 Å². The number of aliphatic hydroxyl groups excluding tert-OH is 1. The minimum absolute atomic E-state index is 0.0129. The summed E-state index contributed by atoms with van der Waals surface area (Å²) in [6.45, 7) is 0.164. The molecule has 0 aromatic heterocycles. The van der Waals surface area contributed by atoms with Crippen molar-refractivity contribution in [2.75, 3.05) is 6.54 Å². The Morgan fingerprint density at radius 1 is 1.13 bits per heavy atom. The molecule has 1 amide bonds. The van der Waals surface area contributed by atoms with Gasteiger partial charge < -0.3 is 10.4 Å². The second kappa shape index (κ2) is 6.73. The summed E-state index contributed by atoms with van der Waals surface area (Å²) in [6, 6.07) is 17.0. The van der Waals surface area contributed by atoms with Crippen molar-refractivity contribution < 1.29 is 9.90 Å². The standard InChI is InChI=1S/C19H20ClNO2/c20-16-10-5-4-9-15(16)17(22)13-21-18(23)19(11-6-12-19)14-7-2-1-3-8-14/h1-5,7-10,17,22H,6,11-13H2,(H,21,23). The lowest BCUT2D eigenvalue weighted by Gasteiger charge is -2.41. The predicted molar refractivity (Wildman–Crippen MR) is 91.4 cm³/mol. The van der Waals surface area contributed by atoms with Crippen LogP contribution in [0.1, 0.15) is 36.5 Å². The maximum atomic E-state index is 12.7. The molecule has 4 heteroatoms. The number of benzene rings is 2. The number of nitrogens with one attached hydrogen (secondary N) is 1. The van der Waals surface area contributed by atoms with Crippen molar-refractivity contribution in [3.63, 3.8) is 0 Å². The average molecular weight is 330 g/mol. The van der Waals surface area contributed by atoms with Crippen LogP contribution in [0, 0.1) is 0 Å². The molecule has 0 heterocycles. The molecular formula is C19H20ClNO2. The van der Waals surface area contributed by atoms with E-state index in [9.17, 15) is 9.90 Å². The van der Waals surface area contributed by atoms with Crippen LogP contribution in [-0.4, -0.2) is 17.6 Å². The Morgan fingerprint density at radius 3 is 2.39 bits per heavy atom. The monoisotopic (exact) mass is 329 g/mol. The topological polar surface area (TPSA) is 49.3 Å². The number of aliphatic hydroxyl groups is 1. The van der Waals surface area contributed by atoms with Crippen molar-refractivity contribution in [2.24, 2.45) is 0 Å². The molecule has 2 N–H and O–H groups in total. The number of hydrogen-bond donors (Lipinski definition) is 2. The van der Waals surface area contributed by atoms with E-state index in [1.54, 1.807) is 12.1 Å². The largest absolute Gasteiger partial charge is 0.387 e. The molecule has 0 spiro atoms. The van der Waals surface area contributed by atoms with Crippen LogP contribution < -0.4 is 5.32 Å². The minimum atomic E-state index is -0.805. The molecule has 1 unspecified atom stereocenters. The highest BCUT2D eigenvalue weighted by Crippen LogP contribution is 2.43. The summed E-state index contributed by atoms with van der Waals surface area (Å²) < 4.78 is 0. The van der Waals surface area contributed by atoms with Gasteiger partial charge in [0.05, 0.1) is 11.5 Å². The van der Waals surface area contributed by atoms with Crippen molar-refractivity contribution >= 4 is 17.5 Å². The fourth-order valence-corrected chi connectivity index (χ4v) is 3.41. The summed E-state index contributed by atoms with van der Waals surface area (Å²) in [5.74, 6) is -0.0129. The molecule has 0 saturated heterocycles. The van der Waals surface area contributed by atoms with Gasteiger partial charge in [-0.05, 0) is 24.5 Å². The molecule has 0 bridgehead atoms. The van der Waals surface area contributed by atoms with Crippen LogP contribution in [0.3, 0.4) is 0 Å². The van der Waals surface area contributed by atoms with Crippen LogP contribution >= 0.6 is 11.6 Å². The second-order valence-corrected chi connectivity index (χ2v) is 6.46. The van der Waals surface area contributed by atoms with Crippen LogP contribution in [0.15, 0.2) is 54.6 Å². The maximum absolute atomic E-state index is 12.7. The molecule has 23 heavy (non-hydrogen) atoms. The van der Waals surface area contributed by atoms with E-state index in [0.29, 0.717) is 10.6 Å². The highest BCUT2D eigenvalue weighted by molar-refractivity contribution is 6.31. The third-order valence-corrected chi connectivity index (χ3v) is 5.03. The van der Waals surface area contributed by atoms with Crippen molar-refractivity contribution in [1.29, 1.82) is 0 Å². The second-order valence-electron chi connectivity index (χ2n) is 6.05. The number of amides is 1. The SMILES string of the molecule is O=C(NCC(O)c1ccccc1Cl)C1(c2ccccc2)CCC1. The van der Waals surface area contributed by atoms with Gasteiger partial charge in [0.1, 0.15) is 0 Å². The summed E-state index contributed by atoms with van der Waals surface area (Å²) in [5, 5.41) is 13.7. The molecular weight excluding hydrogens is 310 g/mol. The van der Waals surface area contributed by atoms with Gasteiger partial charge in [0, 0.05) is 17.1 Å². The van der Waals surface area contributed by atoms with Crippen molar-refractivity contribution in [3.05, 3.63) is 70.7 Å². The summed E-state index contributed by atoms with van der Waals surface area (Å²) in [5.41, 5.74) is 1.24. The lowest BCUT2D eigenvalue weighted by Crippen LogP contribution is -2.50. The molecule has 2 aromatic carbocycles. The lowest BCUT2D eigenvalue weighted by atomic mass is 9.64. The van der Waals surface area contributed by atoms with Gasteiger partial charge in [0.25, 0.3) is 0 Å². The van der Waals surface area contributed by atoms with Crippen molar-refractivity contribution in [3.8, 4) is 0 Å². The number of halogens is 1. The lowest BCUT2D eigenvalue weighted by molar-refractivity contribution is -0.130. The van der Waals surface area contributed by atoms with Gasteiger partial charge in [-0.2, -0.15) is 0 Å². The highest BCUT2D eigenvalue weighted by atomic mass is 35.5. The molecule has 0 radical (unpaired) electrons. The zero-order valence-electron chi connectivity index (χ0n) is 12.8. The first kappa shape index (κ1) is 16.0. The molecule has 120 valence electrons. The van der Waals surface area contributed by atoms with Gasteiger partial charge in [0.15, 0.2) is 0 Å². The third-order valence-electron chi connectivity index (χ3n) is 4.69. The molecule has 1 saturated carbocycles. The van der Waals surface area contributed by atoms with Crippen LogP contribution in [0.5, 0.6) is 0 Å². The van der Waals surface area contributed by atoms with E-state index in [2.05, 4.69) is 5.32 Å². The number of rotatable bonds is 5. The van der Waals surface area contributed by atoms with E-state index in [-0.39, 0.29) is 12.5 Å². The molecule has 1 fully saturated rings. The van der Waals surface area contributed by atoms with Crippen LogP contribution in [0.2, 0.25) is 5.02 Å². The van der Waals surface area contributed by atoms with E-state index in [1.165, 1.54) is 0 Å². The zero-order valence-corrected chi connectivity index (χ0v) is 13.6. The Kier molecular flexibility index (Phi) is 4.69. The van der Waals surface area contributed by atoms with Gasteiger partial charge in [-0.15, -0.1) is 0 Å². The Morgan fingerprint density at radius 2 is 1.78 bits per heavy atom. The molecule has 0 aliphatic heterocycles. The smallest absolute Gasteiger partial charge is 0.230 e. The Bertz CT molecular complexity index is 683. The first-order chi connectivity index (χ1) is 11.1. The van der Waals surface area contributed by atoms with Gasteiger partial charge in [-0.3, -0.25) is 4.79 Å². The summed E-state index contributed by atoms with van der Waals surface area (Å²) >= 11 is 6.09. The third kappa shape index (κ3) is 3.12. The Hall–Kier alpha value is -1.84. The van der Waals surface area contributed by atoms with E-state index in [4.69, 9.17) is 11.6 Å². The number of hydrogen-bond acceptors (Lipinski definition) is 2. The zero-order chi connectivity index (χ0) is 16.3. The first-order valence-corrected chi connectivity index (χ1v) is 8.27. The van der Waals surface area contributed by atoms with Crippen LogP contribution in [0.4, 0.5) is 0 Å². The maximum Gasteiger partial charge on any atom is 0.230 e. The Labute approximate surface area is 141 Å². The highest BCUT2D eigenvalue weighted by Gasteiger charge is 2.45. The van der Waals surface area contributed by atoms with Crippen LogP contribution in [-0.2, 0) is 10.2 Å². The Balaban J connectivity index is 1.68. The van der Waals surface area contributed by atoms with Gasteiger partial charge >= 0.3 is 0 Å². The summed E-state index contributed by atoms with van der Waals surface area (Å²) in [7, 11) is 0. The number of carbonyl (C=O) groups excluding carboxylic acids is 1. The minimum Gasteiger partial charge on any atom is -0.387 e. The molecule has 1 aliphatic carbocycles. The molecule has 1 aliphatic rings. The number of carbonyl (C=O) groups is 1. The summed E-state index contributed by atoms with van der Waals surface area (Å²) in [6.07, 6.45) is 1.95. The molecule has 1 atom stereocenters. The van der Waals surface area contributed by atoms with Crippen molar-refractivity contribution in [1.82, 2.24) is 5.32 Å². The van der Waals surface area contributed by atoms with E-state index in [0.717, 1.165) is 24.8 Å². The summed E-state index contributed by atoms with van der Waals surface area (Å²) in [4.78, 5) is 12.7. The predicted octanol–water partition coefficient (Wildman–Crippen LogP) is 3.61. The van der Waals surface area contributed by atoms with Gasteiger partial charge in [-0.25, -0.2) is 0 Å². The fourth-order valence-electron chi connectivity index (χ4n) is 3.15. The van der Waals surface area contributed by atoms with Crippen molar-refractivity contribution in [2.45, 2.75) is 30.8 Å². The average Bonchev–Trinajstić information content (AvgIpc) is 2.53. The molecule has 3 rings (SSSR count). The quantitative estimate of drug-likeness (QED) is 0.880. The van der Waals surface area contributed by atoms with E-state index in [1.807, 2.05) is 42.5 Å². The molecule has 3 nitrogen and oxygen atoms in total. The van der Waals surface area contributed by atoms with Gasteiger partial charge in [0.2, 0.25) is 5.91 Å².